The average Bonchev–Trinajstić information content (AvgIpc) is 2.28. The number of rotatable bonds is 3. The Morgan fingerprint density at radius 3 is 2.62 bits per heavy atom. The minimum atomic E-state index is -0.703. The van der Waals surface area contributed by atoms with Gasteiger partial charge in [-0.2, -0.15) is 17.0 Å². The molecular formula is C11H15N3OS. The number of aromatic nitrogens is 2. The maximum atomic E-state index is 9.38. The van der Waals surface area contributed by atoms with Crippen molar-refractivity contribution >= 4 is 11.8 Å². The highest BCUT2D eigenvalue weighted by molar-refractivity contribution is 7.99. The van der Waals surface area contributed by atoms with Crippen molar-refractivity contribution < 1.29 is 5.11 Å². The summed E-state index contributed by atoms with van der Waals surface area (Å²) in [5.74, 6) is 0. The molecule has 1 N–H and O–H groups in total. The second-order valence-electron chi connectivity index (χ2n) is 3.99. The number of hydrogen-bond donors (Lipinski definition) is 1. The number of aliphatic hydroxyl groups excluding tert-OH is 1. The highest BCUT2D eigenvalue weighted by Crippen LogP contribution is 2.33. The van der Waals surface area contributed by atoms with Gasteiger partial charge in [0.1, 0.15) is 6.07 Å². The Morgan fingerprint density at radius 2 is 2.19 bits per heavy atom. The van der Waals surface area contributed by atoms with Gasteiger partial charge in [-0.15, -0.1) is 0 Å². The zero-order valence-electron chi connectivity index (χ0n) is 9.85. The molecule has 0 aliphatic rings. The molecule has 1 unspecified atom stereocenters. The summed E-state index contributed by atoms with van der Waals surface area (Å²) in [6, 6.07) is 2.03. The van der Waals surface area contributed by atoms with Crippen LogP contribution in [0.4, 0.5) is 0 Å². The van der Waals surface area contributed by atoms with E-state index in [9.17, 15) is 5.11 Å². The van der Waals surface area contributed by atoms with Crippen LogP contribution in [-0.2, 0) is 4.75 Å². The molecule has 1 heterocycles. The first-order valence-corrected chi connectivity index (χ1v) is 6.15. The van der Waals surface area contributed by atoms with Crippen LogP contribution in [0.3, 0.4) is 0 Å². The molecule has 86 valence electrons. The van der Waals surface area contributed by atoms with Gasteiger partial charge in [0.2, 0.25) is 0 Å². The molecule has 0 saturated carbocycles. The Kier molecular flexibility index (Phi) is 3.89. The van der Waals surface area contributed by atoms with E-state index in [1.165, 1.54) is 6.20 Å². The molecule has 1 atom stereocenters. The van der Waals surface area contributed by atoms with E-state index >= 15 is 0 Å². The Hall–Kier alpha value is -1.12. The molecule has 0 fully saturated rings. The van der Waals surface area contributed by atoms with Crippen LogP contribution in [0, 0.1) is 11.3 Å². The summed E-state index contributed by atoms with van der Waals surface area (Å²) in [6.07, 6.45) is 2.79. The van der Waals surface area contributed by atoms with Gasteiger partial charge in [0.05, 0.1) is 28.4 Å². The van der Waals surface area contributed by atoms with Crippen LogP contribution >= 0.6 is 11.8 Å². The zero-order chi connectivity index (χ0) is 12.3. The Morgan fingerprint density at radius 1 is 1.56 bits per heavy atom. The lowest BCUT2D eigenvalue weighted by Crippen LogP contribution is -2.17. The Balaban J connectivity index is 3.29. The van der Waals surface area contributed by atoms with E-state index in [-0.39, 0.29) is 10.4 Å². The summed E-state index contributed by atoms with van der Waals surface area (Å²) in [4.78, 5) is 8.37. The summed E-state index contributed by atoms with van der Waals surface area (Å²) in [6.45, 7) is 5.58. The standard InChI is InChI=1S/C11H15N3OS/c1-7(15)9-6-13-10(8(5-12)14-9)11(2,3)16-4/h6-7,15H,1-4H3. The molecular weight excluding hydrogens is 222 g/mol. The van der Waals surface area contributed by atoms with Gasteiger partial charge < -0.3 is 5.11 Å². The normalized spacial score (nSPS) is 13.2. The third kappa shape index (κ3) is 2.52. The molecule has 0 aliphatic carbocycles. The third-order valence-corrected chi connectivity index (χ3v) is 3.62. The molecule has 4 nitrogen and oxygen atoms in total. The van der Waals surface area contributed by atoms with Crippen LogP contribution < -0.4 is 0 Å². The first-order valence-electron chi connectivity index (χ1n) is 4.93. The molecule has 0 bridgehead atoms. The number of nitriles is 1. The van der Waals surface area contributed by atoms with Crippen molar-refractivity contribution in [3.8, 4) is 6.07 Å². The second kappa shape index (κ2) is 4.81. The van der Waals surface area contributed by atoms with Crippen LogP contribution in [0.15, 0.2) is 6.20 Å². The molecule has 5 heteroatoms. The summed E-state index contributed by atoms with van der Waals surface area (Å²) < 4.78 is -0.255. The van der Waals surface area contributed by atoms with Gasteiger partial charge in [0, 0.05) is 0 Å². The summed E-state index contributed by atoms with van der Waals surface area (Å²) >= 11 is 1.61. The predicted molar refractivity (Wildman–Crippen MR) is 63.9 cm³/mol. The van der Waals surface area contributed by atoms with Crippen molar-refractivity contribution in [1.29, 1.82) is 5.26 Å². The van der Waals surface area contributed by atoms with Gasteiger partial charge in [0.25, 0.3) is 0 Å². The quantitative estimate of drug-likeness (QED) is 0.870. The van der Waals surface area contributed by atoms with Crippen LogP contribution in [0.1, 0.15) is 44.0 Å². The monoisotopic (exact) mass is 237 g/mol. The summed E-state index contributed by atoms with van der Waals surface area (Å²) in [7, 11) is 0. The van der Waals surface area contributed by atoms with E-state index in [0.29, 0.717) is 11.4 Å². The van der Waals surface area contributed by atoms with Crippen molar-refractivity contribution in [3.05, 3.63) is 23.3 Å². The number of thioether (sulfide) groups is 1. The zero-order valence-corrected chi connectivity index (χ0v) is 10.7. The van der Waals surface area contributed by atoms with E-state index in [4.69, 9.17) is 5.26 Å². The smallest absolute Gasteiger partial charge is 0.163 e. The number of hydrogen-bond acceptors (Lipinski definition) is 5. The first kappa shape index (κ1) is 12.9. The predicted octanol–water partition coefficient (Wildman–Crippen LogP) is 2.00. The lowest BCUT2D eigenvalue weighted by atomic mass is 10.1. The van der Waals surface area contributed by atoms with Crippen LogP contribution in [0.2, 0.25) is 0 Å². The molecule has 0 aliphatic heterocycles. The lowest BCUT2D eigenvalue weighted by Gasteiger charge is -2.22. The maximum Gasteiger partial charge on any atom is 0.163 e. The molecule has 0 amide bonds. The van der Waals surface area contributed by atoms with E-state index < -0.39 is 6.10 Å². The number of nitrogens with zero attached hydrogens (tertiary/aromatic N) is 3. The van der Waals surface area contributed by atoms with E-state index in [1.807, 2.05) is 26.2 Å². The van der Waals surface area contributed by atoms with Crippen molar-refractivity contribution in [2.75, 3.05) is 6.26 Å². The van der Waals surface area contributed by atoms with Crippen molar-refractivity contribution in [3.63, 3.8) is 0 Å². The van der Waals surface area contributed by atoms with Crippen molar-refractivity contribution in [2.45, 2.75) is 31.6 Å². The molecule has 1 aromatic heterocycles. The van der Waals surface area contributed by atoms with Gasteiger partial charge in [-0.05, 0) is 27.0 Å². The van der Waals surface area contributed by atoms with Gasteiger partial charge in [-0.3, -0.25) is 4.98 Å². The molecule has 0 spiro atoms. The fourth-order valence-corrected chi connectivity index (χ4v) is 1.56. The fraction of sp³-hybridized carbons (Fsp3) is 0.545. The summed E-state index contributed by atoms with van der Waals surface area (Å²) in [5.41, 5.74) is 1.38. The lowest BCUT2D eigenvalue weighted by molar-refractivity contribution is 0.193. The van der Waals surface area contributed by atoms with Crippen LogP contribution in [0.5, 0.6) is 0 Å². The molecule has 0 radical (unpaired) electrons. The first-order chi connectivity index (χ1) is 7.42. The molecule has 1 aromatic rings. The van der Waals surface area contributed by atoms with E-state index in [1.54, 1.807) is 18.7 Å². The topological polar surface area (TPSA) is 69.8 Å². The van der Waals surface area contributed by atoms with Gasteiger partial charge in [0.15, 0.2) is 5.69 Å². The Labute approximate surface area is 99.7 Å². The molecule has 0 aromatic carbocycles. The highest BCUT2D eigenvalue weighted by Gasteiger charge is 2.25. The molecule has 0 saturated heterocycles. The SMILES string of the molecule is CSC(C)(C)c1ncc(C(C)O)nc1C#N. The summed E-state index contributed by atoms with van der Waals surface area (Å²) in [5, 5.41) is 18.4. The Bertz CT molecular complexity index is 424. The number of aliphatic hydroxyl groups is 1. The largest absolute Gasteiger partial charge is 0.387 e. The minimum Gasteiger partial charge on any atom is -0.387 e. The van der Waals surface area contributed by atoms with Crippen molar-refractivity contribution in [1.82, 2.24) is 9.97 Å². The molecule has 1 rings (SSSR count). The van der Waals surface area contributed by atoms with E-state index in [2.05, 4.69) is 9.97 Å². The highest BCUT2D eigenvalue weighted by atomic mass is 32.2. The minimum absolute atomic E-state index is 0.255. The average molecular weight is 237 g/mol. The fourth-order valence-electron chi connectivity index (χ4n) is 1.22. The maximum absolute atomic E-state index is 9.38. The van der Waals surface area contributed by atoms with Crippen molar-refractivity contribution in [2.24, 2.45) is 0 Å². The van der Waals surface area contributed by atoms with Gasteiger partial charge in [-0.25, -0.2) is 4.98 Å². The second-order valence-corrected chi connectivity index (χ2v) is 5.42. The van der Waals surface area contributed by atoms with Crippen LogP contribution in [0.25, 0.3) is 0 Å². The third-order valence-electron chi connectivity index (χ3n) is 2.41. The van der Waals surface area contributed by atoms with Gasteiger partial charge in [-0.1, -0.05) is 0 Å². The van der Waals surface area contributed by atoms with E-state index in [0.717, 1.165) is 0 Å². The molecule has 16 heavy (non-hydrogen) atoms. The van der Waals surface area contributed by atoms with Crippen LogP contribution in [-0.4, -0.2) is 21.3 Å². The van der Waals surface area contributed by atoms with Gasteiger partial charge >= 0.3 is 0 Å².